The van der Waals surface area contributed by atoms with Gasteiger partial charge in [-0.3, -0.25) is 9.80 Å². The second kappa shape index (κ2) is 10.9. The van der Waals surface area contributed by atoms with Crippen molar-refractivity contribution < 1.29 is 27.9 Å². The average molecular weight is 535 g/mol. The molecule has 1 unspecified atom stereocenters. The van der Waals surface area contributed by atoms with Gasteiger partial charge in [0.15, 0.2) is 6.10 Å². The van der Waals surface area contributed by atoms with Crippen LogP contribution in [-0.4, -0.2) is 77.6 Å². The highest BCUT2D eigenvalue weighted by atomic mass is 32.1. The smallest absolute Gasteiger partial charge is 0.416 e. The highest BCUT2D eigenvalue weighted by Crippen LogP contribution is 2.38. The van der Waals surface area contributed by atoms with E-state index < -0.39 is 23.9 Å². The Morgan fingerprint density at radius 2 is 1.89 bits per heavy atom. The van der Waals surface area contributed by atoms with Gasteiger partial charge in [0.1, 0.15) is 18.5 Å². The number of halogens is 3. The summed E-state index contributed by atoms with van der Waals surface area (Å²) in [6, 6.07) is 11.3. The van der Waals surface area contributed by atoms with E-state index in [0.717, 1.165) is 53.2 Å². The van der Waals surface area contributed by atoms with E-state index >= 15 is 0 Å². The van der Waals surface area contributed by atoms with Crippen LogP contribution in [0.4, 0.5) is 13.2 Å². The van der Waals surface area contributed by atoms with Crippen molar-refractivity contribution in [3.05, 3.63) is 58.6 Å². The Kier molecular flexibility index (Phi) is 7.66. The molecule has 1 aromatic heterocycles. The third-order valence-corrected chi connectivity index (χ3v) is 7.54. The summed E-state index contributed by atoms with van der Waals surface area (Å²) in [5.74, 6) is 0.692. The van der Waals surface area contributed by atoms with Crippen LogP contribution in [0.15, 0.2) is 47.6 Å². The zero-order valence-corrected chi connectivity index (χ0v) is 21.3. The lowest BCUT2D eigenvalue weighted by atomic mass is 9.98. The molecule has 0 radical (unpaired) electrons. The number of ether oxygens (including phenoxy) is 1. The van der Waals surface area contributed by atoms with Gasteiger partial charge in [-0.05, 0) is 25.1 Å². The van der Waals surface area contributed by atoms with Gasteiger partial charge in [-0.15, -0.1) is 11.3 Å². The standard InChI is InChI=1S/C26H29F3N4O3S/c1-17-30-23-13-20(6-7-25(23)37-17)35-16-19(34)15-33-10-8-32(9-11-33)14-18-12-24(36-31-18)21-4-2-3-5-22(21)26(27,28)29/h2-7,13,19,24,34H,8-12,14-16H2,1H3/t19-,24?/m1/s1. The minimum absolute atomic E-state index is 0.122. The largest absolute Gasteiger partial charge is 0.491 e. The van der Waals surface area contributed by atoms with Crippen LogP contribution >= 0.6 is 11.3 Å². The summed E-state index contributed by atoms with van der Waals surface area (Å²) < 4.78 is 47.0. The Hall–Kier alpha value is -2.73. The number of fused-ring (bicyclic) bond motifs is 1. The van der Waals surface area contributed by atoms with E-state index in [2.05, 4.69) is 19.9 Å². The molecule has 1 N–H and O–H groups in total. The number of hydrogen-bond acceptors (Lipinski definition) is 8. The first-order valence-corrected chi connectivity index (χ1v) is 13.1. The monoisotopic (exact) mass is 534 g/mol. The second-order valence-electron chi connectivity index (χ2n) is 9.44. The Morgan fingerprint density at radius 3 is 2.68 bits per heavy atom. The molecule has 37 heavy (non-hydrogen) atoms. The van der Waals surface area contributed by atoms with Gasteiger partial charge in [0, 0.05) is 57.3 Å². The predicted molar refractivity (Wildman–Crippen MR) is 136 cm³/mol. The molecule has 0 saturated carbocycles. The summed E-state index contributed by atoms with van der Waals surface area (Å²) in [7, 11) is 0. The van der Waals surface area contributed by atoms with Crippen molar-refractivity contribution in [1.29, 1.82) is 0 Å². The van der Waals surface area contributed by atoms with Crippen molar-refractivity contribution >= 4 is 27.3 Å². The Labute approximate surface area is 217 Å². The van der Waals surface area contributed by atoms with Gasteiger partial charge >= 0.3 is 6.18 Å². The van der Waals surface area contributed by atoms with Gasteiger partial charge < -0.3 is 14.7 Å². The van der Waals surface area contributed by atoms with Crippen molar-refractivity contribution in [3.63, 3.8) is 0 Å². The second-order valence-corrected chi connectivity index (χ2v) is 10.7. The quantitative estimate of drug-likeness (QED) is 0.459. The molecule has 1 fully saturated rings. The number of oxime groups is 1. The minimum atomic E-state index is -4.43. The molecule has 5 rings (SSSR count). The topological polar surface area (TPSA) is 70.4 Å². The molecule has 2 aromatic carbocycles. The van der Waals surface area contributed by atoms with E-state index in [1.54, 1.807) is 17.4 Å². The fourth-order valence-electron chi connectivity index (χ4n) is 4.77. The molecule has 3 aromatic rings. The van der Waals surface area contributed by atoms with Crippen LogP contribution in [0.3, 0.4) is 0 Å². The number of β-amino-alcohol motifs (C(OH)–C–C–N with tert-alkyl or cyclic N) is 1. The van der Waals surface area contributed by atoms with Gasteiger partial charge in [0.2, 0.25) is 0 Å². The molecular weight excluding hydrogens is 505 g/mol. The third kappa shape index (κ3) is 6.40. The molecule has 2 aliphatic heterocycles. The van der Waals surface area contributed by atoms with Crippen LogP contribution in [0.2, 0.25) is 0 Å². The lowest BCUT2D eigenvalue weighted by Crippen LogP contribution is -2.50. The Bertz CT molecular complexity index is 1260. The molecule has 198 valence electrons. The Balaban J connectivity index is 1.04. The first kappa shape index (κ1) is 25.9. The number of thiazole rings is 1. The Morgan fingerprint density at radius 1 is 1.14 bits per heavy atom. The number of aryl methyl sites for hydroxylation is 1. The molecule has 0 amide bonds. The summed E-state index contributed by atoms with van der Waals surface area (Å²) in [6.45, 7) is 6.33. The van der Waals surface area contributed by atoms with Crippen molar-refractivity contribution in [1.82, 2.24) is 14.8 Å². The lowest BCUT2D eigenvalue weighted by Gasteiger charge is -2.35. The molecule has 0 spiro atoms. The van der Waals surface area contributed by atoms with Gasteiger partial charge in [-0.25, -0.2) is 4.98 Å². The summed E-state index contributed by atoms with van der Waals surface area (Å²) >= 11 is 1.64. The van der Waals surface area contributed by atoms with E-state index in [-0.39, 0.29) is 12.2 Å². The van der Waals surface area contributed by atoms with E-state index in [9.17, 15) is 18.3 Å². The number of hydrogen-bond donors (Lipinski definition) is 1. The van der Waals surface area contributed by atoms with Gasteiger partial charge in [-0.1, -0.05) is 23.4 Å². The van der Waals surface area contributed by atoms with E-state index in [1.165, 1.54) is 12.1 Å². The van der Waals surface area contributed by atoms with Gasteiger partial charge in [0.25, 0.3) is 0 Å². The van der Waals surface area contributed by atoms with Gasteiger partial charge in [0.05, 0.1) is 26.5 Å². The molecule has 11 heteroatoms. The van der Waals surface area contributed by atoms with Crippen LogP contribution in [0, 0.1) is 6.92 Å². The summed E-state index contributed by atoms with van der Waals surface area (Å²) in [4.78, 5) is 14.3. The summed E-state index contributed by atoms with van der Waals surface area (Å²) in [5.41, 5.74) is 1.10. The zero-order valence-electron chi connectivity index (χ0n) is 20.4. The number of alkyl halides is 3. The predicted octanol–water partition coefficient (Wildman–Crippen LogP) is 4.50. The first-order valence-electron chi connectivity index (χ1n) is 12.2. The summed E-state index contributed by atoms with van der Waals surface area (Å²) in [5, 5.41) is 15.6. The molecule has 1 saturated heterocycles. The number of rotatable bonds is 8. The number of aliphatic hydroxyl groups excluding tert-OH is 1. The molecule has 7 nitrogen and oxygen atoms in total. The number of benzene rings is 2. The third-order valence-electron chi connectivity index (χ3n) is 6.59. The van der Waals surface area contributed by atoms with E-state index in [0.29, 0.717) is 25.3 Å². The lowest BCUT2D eigenvalue weighted by molar-refractivity contribution is -0.139. The maximum absolute atomic E-state index is 13.4. The number of aromatic nitrogens is 1. The minimum Gasteiger partial charge on any atom is -0.491 e. The van der Waals surface area contributed by atoms with Crippen LogP contribution in [0.1, 0.15) is 28.7 Å². The highest BCUT2D eigenvalue weighted by Gasteiger charge is 2.37. The van der Waals surface area contributed by atoms with Gasteiger partial charge in [-0.2, -0.15) is 13.2 Å². The number of aliphatic hydroxyl groups is 1. The maximum atomic E-state index is 13.4. The molecule has 0 bridgehead atoms. The van der Waals surface area contributed by atoms with Crippen molar-refractivity contribution in [2.24, 2.45) is 5.16 Å². The van der Waals surface area contributed by atoms with Crippen molar-refractivity contribution in [3.8, 4) is 5.75 Å². The number of nitrogens with zero attached hydrogens (tertiary/aromatic N) is 4. The van der Waals surface area contributed by atoms with Crippen molar-refractivity contribution in [2.45, 2.75) is 31.7 Å². The normalized spacial score (nSPS) is 20.1. The van der Waals surface area contributed by atoms with E-state index in [4.69, 9.17) is 9.57 Å². The molecule has 3 heterocycles. The summed E-state index contributed by atoms with van der Waals surface area (Å²) in [6.07, 6.45) is -5.43. The maximum Gasteiger partial charge on any atom is 0.416 e. The fraction of sp³-hybridized carbons (Fsp3) is 0.462. The van der Waals surface area contributed by atoms with Crippen LogP contribution in [0.5, 0.6) is 5.75 Å². The van der Waals surface area contributed by atoms with Crippen LogP contribution < -0.4 is 4.74 Å². The first-order chi connectivity index (χ1) is 17.7. The fourth-order valence-corrected chi connectivity index (χ4v) is 5.57. The van der Waals surface area contributed by atoms with Crippen LogP contribution in [-0.2, 0) is 11.0 Å². The van der Waals surface area contributed by atoms with Crippen LogP contribution in [0.25, 0.3) is 10.2 Å². The molecular formula is C26H29F3N4O3S. The number of piperazine rings is 1. The zero-order chi connectivity index (χ0) is 26.0. The highest BCUT2D eigenvalue weighted by molar-refractivity contribution is 7.18. The molecule has 2 atom stereocenters. The average Bonchev–Trinajstić information content (AvgIpc) is 3.48. The SMILES string of the molecule is Cc1nc2cc(OC[C@H](O)CN3CCN(CC4=NOC(c5ccccc5C(F)(F)F)C4)CC3)ccc2s1. The van der Waals surface area contributed by atoms with Crippen molar-refractivity contribution in [2.75, 3.05) is 45.9 Å². The molecule has 2 aliphatic rings. The van der Waals surface area contributed by atoms with E-state index in [1.807, 2.05) is 25.1 Å². The molecule has 0 aliphatic carbocycles.